The Bertz CT molecular complexity index is 970. The minimum Gasteiger partial charge on any atom is -0.334 e. The highest BCUT2D eigenvalue weighted by Crippen LogP contribution is 2.33. The SMILES string of the molecule is CC(C)CN1Cc2cccc(C(=O)N3[C@@H](CCc4ccc(F)cc4)CC[C@H]3C)c2C1=O. The van der Waals surface area contributed by atoms with Crippen LogP contribution in [0.25, 0.3) is 0 Å². The molecule has 164 valence electrons. The molecule has 5 heteroatoms. The first-order valence-corrected chi connectivity index (χ1v) is 11.3. The number of hydrogen-bond donors (Lipinski definition) is 0. The molecule has 2 aromatic carbocycles. The summed E-state index contributed by atoms with van der Waals surface area (Å²) in [7, 11) is 0. The van der Waals surface area contributed by atoms with E-state index in [9.17, 15) is 14.0 Å². The fourth-order valence-corrected chi connectivity index (χ4v) is 5.03. The zero-order valence-electron chi connectivity index (χ0n) is 18.6. The number of fused-ring (bicyclic) bond motifs is 1. The number of aryl methyl sites for hydroxylation is 1. The van der Waals surface area contributed by atoms with Crippen molar-refractivity contribution in [3.8, 4) is 0 Å². The van der Waals surface area contributed by atoms with Crippen molar-refractivity contribution in [1.29, 1.82) is 0 Å². The van der Waals surface area contributed by atoms with Gasteiger partial charge in [0.05, 0.1) is 11.1 Å². The molecule has 0 unspecified atom stereocenters. The van der Waals surface area contributed by atoms with Crippen LogP contribution in [0, 0.1) is 11.7 Å². The van der Waals surface area contributed by atoms with Gasteiger partial charge in [-0.3, -0.25) is 9.59 Å². The molecule has 0 spiro atoms. The van der Waals surface area contributed by atoms with Crippen molar-refractivity contribution in [3.05, 3.63) is 70.5 Å². The van der Waals surface area contributed by atoms with E-state index in [4.69, 9.17) is 0 Å². The maximum absolute atomic E-state index is 13.7. The van der Waals surface area contributed by atoms with Crippen LogP contribution >= 0.6 is 0 Å². The Balaban J connectivity index is 1.54. The molecule has 0 bridgehead atoms. The molecule has 2 aromatic rings. The van der Waals surface area contributed by atoms with Crippen molar-refractivity contribution >= 4 is 11.8 Å². The van der Waals surface area contributed by atoms with Gasteiger partial charge in [-0.1, -0.05) is 38.1 Å². The number of rotatable bonds is 6. The van der Waals surface area contributed by atoms with Crippen LogP contribution in [0.1, 0.15) is 71.9 Å². The lowest BCUT2D eigenvalue weighted by molar-refractivity contribution is 0.0660. The number of carbonyl (C=O) groups excluding carboxylic acids is 2. The lowest BCUT2D eigenvalue weighted by atomic mass is 10.00. The van der Waals surface area contributed by atoms with Gasteiger partial charge >= 0.3 is 0 Å². The van der Waals surface area contributed by atoms with E-state index in [2.05, 4.69) is 20.8 Å². The second-order valence-electron chi connectivity index (χ2n) is 9.38. The van der Waals surface area contributed by atoms with Crippen molar-refractivity contribution in [1.82, 2.24) is 9.80 Å². The summed E-state index contributed by atoms with van der Waals surface area (Å²) >= 11 is 0. The van der Waals surface area contributed by atoms with Gasteiger partial charge in [0.1, 0.15) is 5.82 Å². The van der Waals surface area contributed by atoms with Crippen molar-refractivity contribution in [3.63, 3.8) is 0 Å². The Morgan fingerprint density at radius 1 is 1.13 bits per heavy atom. The summed E-state index contributed by atoms with van der Waals surface area (Å²) in [6, 6.07) is 12.5. The maximum atomic E-state index is 13.7. The lowest BCUT2D eigenvalue weighted by Crippen LogP contribution is -2.41. The summed E-state index contributed by atoms with van der Waals surface area (Å²) in [5.41, 5.74) is 3.15. The van der Waals surface area contributed by atoms with Gasteiger partial charge in [-0.05, 0) is 67.9 Å². The molecular formula is C26H31FN2O2. The van der Waals surface area contributed by atoms with Gasteiger partial charge in [0.15, 0.2) is 0 Å². The Kier molecular flexibility index (Phi) is 6.12. The number of likely N-dealkylation sites (tertiary alicyclic amines) is 1. The van der Waals surface area contributed by atoms with Crippen molar-refractivity contribution in [2.24, 2.45) is 5.92 Å². The minimum atomic E-state index is -0.232. The molecule has 0 radical (unpaired) electrons. The average Bonchev–Trinajstić information content (AvgIpc) is 3.26. The molecule has 0 aliphatic carbocycles. The molecule has 1 fully saturated rings. The van der Waals surface area contributed by atoms with Crippen LogP contribution in [0.4, 0.5) is 4.39 Å². The first-order chi connectivity index (χ1) is 14.8. The van der Waals surface area contributed by atoms with Gasteiger partial charge in [0, 0.05) is 25.2 Å². The minimum absolute atomic E-state index is 0.0256. The average molecular weight is 423 g/mol. The van der Waals surface area contributed by atoms with E-state index < -0.39 is 0 Å². The van der Waals surface area contributed by atoms with E-state index in [1.165, 1.54) is 12.1 Å². The van der Waals surface area contributed by atoms with E-state index in [1.807, 2.05) is 34.1 Å². The molecule has 4 nitrogen and oxygen atoms in total. The topological polar surface area (TPSA) is 40.6 Å². The monoisotopic (exact) mass is 422 g/mol. The highest BCUT2D eigenvalue weighted by molar-refractivity contribution is 6.09. The molecule has 31 heavy (non-hydrogen) atoms. The van der Waals surface area contributed by atoms with Gasteiger partial charge in [-0.25, -0.2) is 4.39 Å². The smallest absolute Gasteiger partial charge is 0.255 e. The molecule has 1 saturated heterocycles. The first-order valence-electron chi connectivity index (χ1n) is 11.3. The quantitative estimate of drug-likeness (QED) is 0.653. The van der Waals surface area contributed by atoms with Crippen molar-refractivity contribution in [2.75, 3.05) is 6.54 Å². The summed E-state index contributed by atoms with van der Waals surface area (Å²) in [4.78, 5) is 30.6. The van der Waals surface area contributed by atoms with E-state index in [0.29, 0.717) is 30.1 Å². The lowest BCUT2D eigenvalue weighted by Gasteiger charge is -2.29. The van der Waals surface area contributed by atoms with Crippen molar-refractivity contribution in [2.45, 2.75) is 65.1 Å². The summed E-state index contributed by atoms with van der Waals surface area (Å²) in [6.45, 7) is 7.56. The molecule has 0 N–H and O–H groups in total. The molecule has 0 aromatic heterocycles. The van der Waals surface area contributed by atoms with E-state index >= 15 is 0 Å². The van der Waals surface area contributed by atoms with Crippen LogP contribution < -0.4 is 0 Å². The highest BCUT2D eigenvalue weighted by Gasteiger charge is 2.38. The first kappa shape index (κ1) is 21.5. The van der Waals surface area contributed by atoms with Crippen LogP contribution in [-0.4, -0.2) is 40.2 Å². The van der Waals surface area contributed by atoms with Crippen molar-refractivity contribution < 1.29 is 14.0 Å². The van der Waals surface area contributed by atoms with E-state index in [-0.39, 0.29) is 29.7 Å². The number of halogens is 1. The summed E-state index contributed by atoms with van der Waals surface area (Å²) < 4.78 is 13.2. The molecule has 2 aliphatic rings. The molecule has 2 atom stereocenters. The normalized spacial score (nSPS) is 20.6. The second-order valence-corrected chi connectivity index (χ2v) is 9.38. The number of amides is 2. The molecule has 2 heterocycles. The molecule has 2 aliphatic heterocycles. The number of benzene rings is 2. The summed E-state index contributed by atoms with van der Waals surface area (Å²) in [5, 5.41) is 0. The van der Waals surface area contributed by atoms with Crippen LogP contribution in [0.15, 0.2) is 42.5 Å². The zero-order chi connectivity index (χ0) is 22.1. The van der Waals surface area contributed by atoms with Gasteiger partial charge in [0.25, 0.3) is 11.8 Å². The third-order valence-electron chi connectivity index (χ3n) is 6.53. The third kappa shape index (κ3) is 4.36. The summed E-state index contributed by atoms with van der Waals surface area (Å²) in [6.07, 6.45) is 3.55. The van der Waals surface area contributed by atoms with Gasteiger partial charge in [-0.2, -0.15) is 0 Å². The predicted molar refractivity (Wildman–Crippen MR) is 119 cm³/mol. The van der Waals surface area contributed by atoms with Gasteiger partial charge in [0.2, 0.25) is 0 Å². The predicted octanol–water partition coefficient (Wildman–Crippen LogP) is 5.06. The molecule has 4 rings (SSSR count). The Hall–Kier alpha value is -2.69. The van der Waals surface area contributed by atoms with Crippen LogP contribution in [0.2, 0.25) is 0 Å². The van der Waals surface area contributed by atoms with Gasteiger partial charge in [-0.15, -0.1) is 0 Å². The Morgan fingerprint density at radius 3 is 2.58 bits per heavy atom. The third-order valence-corrected chi connectivity index (χ3v) is 6.53. The maximum Gasteiger partial charge on any atom is 0.255 e. The van der Waals surface area contributed by atoms with Crippen LogP contribution in [-0.2, 0) is 13.0 Å². The van der Waals surface area contributed by atoms with Crippen LogP contribution in [0.3, 0.4) is 0 Å². The zero-order valence-corrected chi connectivity index (χ0v) is 18.6. The van der Waals surface area contributed by atoms with E-state index in [0.717, 1.165) is 36.8 Å². The molecular weight excluding hydrogens is 391 g/mol. The molecule has 0 saturated carbocycles. The highest BCUT2D eigenvalue weighted by atomic mass is 19.1. The largest absolute Gasteiger partial charge is 0.334 e. The number of hydrogen-bond acceptors (Lipinski definition) is 2. The number of nitrogens with zero attached hydrogens (tertiary/aromatic N) is 2. The standard InChI is InChI=1S/C26H31FN2O2/c1-17(2)15-28-16-20-5-4-6-23(24(20)26(28)31)25(30)29-18(3)7-13-22(29)14-10-19-8-11-21(27)12-9-19/h4-6,8-9,11-12,17-18,22H,7,10,13-16H2,1-3H3/t18-,22-/m1/s1. The fourth-order valence-electron chi connectivity index (χ4n) is 5.03. The van der Waals surface area contributed by atoms with Gasteiger partial charge < -0.3 is 9.80 Å². The second kappa shape index (κ2) is 8.81. The Labute approximate surface area is 184 Å². The fraction of sp³-hybridized carbons (Fsp3) is 0.462. The van der Waals surface area contributed by atoms with E-state index in [1.54, 1.807) is 6.07 Å². The van der Waals surface area contributed by atoms with Crippen LogP contribution in [0.5, 0.6) is 0 Å². The number of carbonyl (C=O) groups is 2. The summed E-state index contributed by atoms with van der Waals surface area (Å²) in [5.74, 6) is 0.0871. The molecule has 2 amide bonds. The Morgan fingerprint density at radius 2 is 1.87 bits per heavy atom.